The predicted molar refractivity (Wildman–Crippen MR) is 77.3 cm³/mol. The molecule has 1 aromatic rings. The summed E-state index contributed by atoms with van der Waals surface area (Å²) in [6.07, 6.45) is 2.85. The fourth-order valence-corrected chi connectivity index (χ4v) is 2.48. The topological polar surface area (TPSA) is 43.4 Å². The van der Waals surface area contributed by atoms with Crippen molar-refractivity contribution < 1.29 is 39.5 Å². The van der Waals surface area contributed by atoms with Gasteiger partial charge in [0.2, 0.25) is 0 Å². The van der Waals surface area contributed by atoms with Crippen molar-refractivity contribution in [2.45, 2.75) is 46.5 Å². The Morgan fingerprint density at radius 3 is 2.25 bits per heavy atom. The predicted octanol–water partition coefficient (Wildman–Crippen LogP) is -0.556. The van der Waals surface area contributed by atoms with Crippen molar-refractivity contribution >= 4 is 11.7 Å². The van der Waals surface area contributed by atoms with Crippen LogP contribution in [0.1, 0.15) is 43.7 Å². The quantitative estimate of drug-likeness (QED) is 0.475. The summed E-state index contributed by atoms with van der Waals surface area (Å²) in [4.78, 5) is 12.7. The van der Waals surface area contributed by atoms with Crippen LogP contribution in [0.2, 0.25) is 0 Å². The first-order valence-electron chi connectivity index (χ1n) is 7.07. The van der Waals surface area contributed by atoms with E-state index in [-0.39, 0.29) is 36.0 Å². The molecule has 0 fully saturated rings. The molecular formula is C16H24NNaO2. The molecule has 3 nitrogen and oxygen atoms in total. The van der Waals surface area contributed by atoms with E-state index < -0.39 is 5.97 Å². The van der Waals surface area contributed by atoms with Crippen molar-refractivity contribution in [1.82, 2.24) is 0 Å². The smallest absolute Gasteiger partial charge is 0.550 e. The Morgan fingerprint density at radius 1 is 1.15 bits per heavy atom. The number of unbranched alkanes of at least 4 members (excludes halogenated alkanes) is 2. The normalized spacial score (nSPS) is 9.95. The van der Waals surface area contributed by atoms with Gasteiger partial charge in [-0.3, -0.25) is 0 Å². The molecule has 0 bridgehead atoms. The Balaban J connectivity index is 0.00000361. The molecule has 1 rings (SSSR count). The van der Waals surface area contributed by atoms with Crippen LogP contribution in [0, 0.1) is 13.8 Å². The largest absolute Gasteiger partial charge is 1.00 e. The minimum absolute atomic E-state index is 0. The number of rotatable bonds is 8. The summed E-state index contributed by atoms with van der Waals surface area (Å²) in [7, 11) is 0. The van der Waals surface area contributed by atoms with Crippen LogP contribution < -0.4 is 39.6 Å². The molecule has 0 unspecified atom stereocenters. The van der Waals surface area contributed by atoms with Crippen LogP contribution >= 0.6 is 0 Å². The standard InChI is InChI=1S/C16H25NO2.Na/c1-4-17(12-7-5-6-11-15(18)19)16-13(2)9-8-10-14(16)3;/h8-10H,4-7,11-12H2,1-3H3,(H,18,19);/q;+1/p-1. The third kappa shape index (κ3) is 6.29. The molecule has 0 aromatic heterocycles. The first kappa shape index (κ1) is 19.5. The minimum atomic E-state index is -0.943. The maximum Gasteiger partial charge on any atom is 1.00 e. The molecule has 4 heteroatoms. The van der Waals surface area contributed by atoms with E-state index in [1.807, 2.05) is 0 Å². The van der Waals surface area contributed by atoms with Crippen LogP contribution in [0.15, 0.2) is 18.2 Å². The molecule has 0 atom stereocenters. The maximum absolute atomic E-state index is 10.3. The van der Waals surface area contributed by atoms with Crippen LogP contribution in [0.3, 0.4) is 0 Å². The summed E-state index contributed by atoms with van der Waals surface area (Å²) in [6.45, 7) is 8.40. The zero-order valence-electron chi connectivity index (χ0n) is 13.2. The molecule has 0 aliphatic heterocycles. The number of benzene rings is 1. The molecule has 0 saturated heterocycles. The van der Waals surface area contributed by atoms with Gasteiger partial charge in [-0.25, -0.2) is 0 Å². The number of aryl methyl sites for hydroxylation is 2. The molecule has 0 radical (unpaired) electrons. The second-order valence-electron chi connectivity index (χ2n) is 5.00. The van der Waals surface area contributed by atoms with E-state index in [4.69, 9.17) is 0 Å². The van der Waals surface area contributed by atoms with Gasteiger partial charge in [0.25, 0.3) is 0 Å². The Morgan fingerprint density at radius 2 is 1.75 bits per heavy atom. The molecule has 0 N–H and O–H groups in total. The number of nitrogens with zero attached hydrogens (tertiary/aromatic N) is 1. The minimum Gasteiger partial charge on any atom is -0.550 e. The summed E-state index contributed by atoms with van der Waals surface area (Å²) in [5.41, 5.74) is 3.93. The van der Waals surface area contributed by atoms with E-state index in [2.05, 4.69) is 43.9 Å². The number of carboxylic acid groups (broad SMARTS) is 1. The number of hydrogen-bond donors (Lipinski definition) is 0. The first-order chi connectivity index (χ1) is 9.06. The van der Waals surface area contributed by atoms with Gasteiger partial charge in [0, 0.05) is 24.7 Å². The van der Waals surface area contributed by atoms with E-state index in [0.29, 0.717) is 6.42 Å². The van der Waals surface area contributed by atoms with E-state index in [9.17, 15) is 9.90 Å². The van der Waals surface area contributed by atoms with Gasteiger partial charge in [-0.15, -0.1) is 0 Å². The van der Waals surface area contributed by atoms with Crippen LogP contribution in [0.4, 0.5) is 5.69 Å². The third-order valence-electron chi connectivity index (χ3n) is 3.45. The Kier molecular flexibility index (Phi) is 9.99. The molecule has 0 saturated carbocycles. The van der Waals surface area contributed by atoms with Gasteiger partial charge < -0.3 is 14.8 Å². The Labute approximate surface area is 144 Å². The van der Waals surface area contributed by atoms with Crippen LogP contribution in [0.25, 0.3) is 0 Å². The zero-order valence-corrected chi connectivity index (χ0v) is 15.2. The van der Waals surface area contributed by atoms with Crippen molar-refractivity contribution in [2.75, 3.05) is 18.0 Å². The van der Waals surface area contributed by atoms with Crippen molar-refractivity contribution in [3.8, 4) is 0 Å². The summed E-state index contributed by atoms with van der Waals surface area (Å²) in [5.74, 6) is -0.943. The van der Waals surface area contributed by atoms with Gasteiger partial charge in [-0.1, -0.05) is 24.6 Å². The average molecular weight is 285 g/mol. The molecular weight excluding hydrogens is 261 g/mol. The average Bonchev–Trinajstić information content (AvgIpc) is 2.35. The molecule has 0 amide bonds. The van der Waals surface area contributed by atoms with Crippen LogP contribution in [-0.2, 0) is 4.79 Å². The maximum atomic E-state index is 10.3. The van der Waals surface area contributed by atoms with Gasteiger partial charge in [0.05, 0.1) is 0 Å². The molecule has 106 valence electrons. The van der Waals surface area contributed by atoms with Crippen molar-refractivity contribution in [3.63, 3.8) is 0 Å². The fourth-order valence-electron chi connectivity index (χ4n) is 2.48. The summed E-state index contributed by atoms with van der Waals surface area (Å²) < 4.78 is 0. The van der Waals surface area contributed by atoms with Gasteiger partial charge >= 0.3 is 29.6 Å². The van der Waals surface area contributed by atoms with Gasteiger partial charge in [-0.05, 0) is 51.2 Å². The van der Waals surface area contributed by atoms with Crippen molar-refractivity contribution in [1.29, 1.82) is 0 Å². The van der Waals surface area contributed by atoms with Crippen molar-refractivity contribution in [3.05, 3.63) is 29.3 Å². The number of aliphatic carboxylic acids is 1. The number of carbonyl (C=O) groups excluding carboxylic acids is 1. The molecule has 0 aliphatic rings. The van der Waals surface area contributed by atoms with Gasteiger partial charge in [-0.2, -0.15) is 0 Å². The second kappa shape index (κ2) is 10.3. The Hall–Kier alpha value is -0.510. The van der Waals surface area contributed by atoms with Gasteiger partial charge in [0.15, 0.2) is 0 Å². The van der Waals surface area contributed by atoms with E-state index >= 15 is 0 Å². The molecule has 0 aliphatic carbocycles. The number of carbonyl (C=O) groups is 1. The summed E-state index contributed by atoms with van der Waals surface area (Å²) >= 11 is 0. The zero-order chi connectivity index (χ0) is 14.3. The third-order valence-corrected chi connectivity index (χ3v) is 3.45. The fraction of sp³-hybridized carbons (Fsp3) is 0.562. The molecule has 0 spiro atoms. The SMILES string of the molecule is CCN(CCCCCC(=O)[O-])c1c(C)cccc1C.[Na+]. The first-order valence-corrected chi connectivity index (χ1v) is 7.07. The second-order valence-corrected chi connectivity index (χ2v) is 5.00. The van der Waals surface area contributed by atoms with E-state index in [0.717, 1.165) is 25.9 Å². The van der Waals surface area contributed by atoms with Crippen molar-refractivity contribution in [2.24, 2.45) is 0 Å². The number of hydrogen-bond acceptors (Lipinski definition) is 3. The van der Waals surface area contributed by atoms with Crippen LogP contribution in [0.5, 0.6) is 0 Å². The van der Waals surface area contributed by atoms with E-state index in [1.54, 1.807) is 0 Å². The molecule has 0 heterocycles. The van der Waals surface area contributed by atoms with E-state index in [1.165, 1.54) is 16.8 Å². The van der Waals surface area contributed by atoms with Crippen LogP contribution in [-0.4, -0.2) is 19.1 Å². The Bertz CT molecular complexity index is 401. The monoisotopic (exact) mass is 285 g/mol. The molecule has 20 heavy (non-hydrogen) atoms. The number of carboxylic acids is 1. The van der Waals surface area contributed by atoms with Gasteiger partial charge in [0.1, 0.15) is 0 Å². The number of para-hydroxylation sites is 1. The summed E-state index contributed by atoms with van der Waals surface area (Å²) in [6, 6.07) is 6.37. The summed E-state index contributed by atoms with van der Waals surface area (Å²) in [5, 5.41) is 10.3. The number of anilines is 1. The molecule has 1 aromatic carbocycles.